The third-order valence-corrected chi connectivity index (χ3v) is 2.11. The average Bonchev–Trinajstić information content (AvgIpc) is 2.52. The molecule has 0 atom stereocenters. The van der Waals surface area contributed by atoms with Crippen LogP contribution in [-0.2, 0) is 16.4 Å². The fraction of sp³-hybridized carbons (Fsp3) is 0.750. The minimum atomic E-state index is -0.350. The maximum Gasteiger partial charge on any atom is 0.517 e. The molecule has 2 heterocycles. The van der Waals surface area contributed by atoms with Gasteiger partial charge < -0.3 is 9.31 Å². The van der Waals surface area contributed by atoms with Gasteiger partial charge in [-0.05, 0) is 0 Å². The lowest BCUT2D eigenvalue weighted by molar-refractivity contribution is 0.0339. The van der Waals surface area contributed by atoms with Crippen LogP contribution in [0.2, 0.25) is 0 Å². The highest BCUT2D eigenvalue weighted by molar-refractivity contribution is 6.60. The molecule has 76 valence electrons. The number of hydrogen-bond donors (Lipinski definition) is 0. The van der Waals surface area contributed by atoms with Crippen molar-refractivity contribution >= 4 is 12.7 Å². The Morgan fingerprint density at radius 2 is 2.07 bits per heavy atom. The van der Waals surface area contributed by atoms with Crippen LogP contribution in [0, 0.1) is 5.41 Å². The van der Waals surface area contributed by atoms with Crippen molar-refractivity contribution in [2.24, 2.45) is 12.5 Å². The molecule has 1 saturated heterocycles. The van der Waals surface area contributed by atoms with Crippen molar-refractivity contribution in [1.82, 2.24) is 15.0 Å². The van der Waals surface area contributed by atoms with Gasteiger partial charge in [0.25, 0.3) is 0 Å². The normalized spacial score (nSPS) is 21.2. The van der Waals surface area contributed by atoms with E-state index in [1.165, 1.54) is 0 Å². The standard InChI is InChI=1S/C8H14BN3O2/c1-8(2)5-13-9(14-6-8)7-4-12(3)11-10-7/h4H,5-6H2,1-3H3. The van der Waals surface area contributed by atoms with E-state index in [1.807, 2.05) is 13.2 Å². The van der Waals surface area contributed by atoms with Gasteiger partial charge in [-0.1, -0.05) is 19.1 Å². The highest BCUT2D eigenvalue weighted by Gasteiger charge is 2.35. The summed E-state index contributed by atoms with van der Waals surface area (Å²) >= 11 is 0. The van der Waals surface area contributed by atoms with Gasteiger partial charge in [-0.25, -0.2) is 0 Å². The average molecular weight is 195 g/mol. The smallest absolute Gasteiger partial charge is 0.406 e. The molecule has 1 aliphatic rings. The molecule has 1 aliphatic heterocycles. The van der Waals surface area contributed by atoms with Gasteiger partial charge in [-0.15, -0.1) is 5.10 Å². The zero-order chi connectivity index (χ0) is 10.2. The fourth-order valence-electron chi connectivity index (χ4n) is 1.34. The van der Waals surface area contributed by atoms with Gasteiger partial charge in [-0.3, -0.25) is 4.68 Å². The predicted octanol–water partition coefficient (Wildman–Crippen LogP) is -0.417. The molecule has 0 bridgehead atoms. The summed E-state index contributed by atoms with van der Waals surface area (Å²) in [5.74, 6) is 0. The van der Waals surface area contributed by atoms with E-state index in [1.54, 1.807) is 4.68 Å². The van der Waals surface area contributed by atoms with Gasteiger partial charge in [0.05, 0.1) is 0 Å². The minimum absolute atomic E-state index is 0.0959. The molecule has 1 aromatic heterocycles. The molecule has 0 amide bonds. The Morgan fingerprint density at radius 3 is 2.57 bits per heavy atom. The molecule has 0 N–H and O–H groups in total. The Morgan fingerprint density at radius 1 is 1.43 bits per heavy atom. The van der Waals surface area contributed by atoms with Crippen LogP contribution in [0.15, 0.2) is 6.20 Å². The van der Waals surface area contributed by atoms with Crippen molar-refractivity contribution in [2.45, 2.75) is 13.8 Å². The van der Waals surface area contributed by atoms with Crippen LogP contribution >= 0.6 is 0 Å². The minimum Gasteiger partial charge on any atom is -0.406 e. The number of aromatic nitrogens is 3. The van der Waals surface area contributed by atoms with Crippen LogP contribution in [0.5, 0.6) is 0 Å². The fourth-order valence-corrected chi connectivity index (χ4v) is 1.34. The Hall–Kier alpha value is -0.875. The van der Waals surface area contributed by atoms with Crippen molar-refractivity contribution in [3.63, 3.8) is 0 Å². The van der Waals surface area contributed by atoms with Crippen LogP contribution in [0.1, 0.15) is 13.8 Å². The molecule has 0 unspecified atom stereocenters. The highest BCUT2D eigenvalue weighted by Crippen LogP contribution is 2.20. The van der Waals surface area contributed by atoms with Gasteiger partial charge in [0.2, 0.25) is 0 Å². The van der Waals surface area contributed by atoms with E-state index < -0.39 is 0 Å². The summed E-state index contributed by atoms with van der Waals surface area (Å²) in [6.07, 6.45) is 1.81. The van der Waals surface area contributed by atoms with E-state index in [0.717, 1.165) is 5.59 Å². The SMILES string of the molecule is Cn1cc(B2OCC(C)(C)CO2)nn1. The van der Waals surface area contributed by atoms with Crippen molar-refractivity contribution < 1.29 is 9.31 Å². The van der Waals surface area contributed by atoms with E-state index in [2.05, 4.69) is 24.2 Å². The quantitative estimate of drug-likeness (QED) is 0.571. The molecule has 5 nitrogen and oxygen atoms in total. The van der Waals surface area contributed by atoms with Crippen LogP contribution in [-0.4, -0.2) is 35.3 Å². The summed E-state index contributed by atoms with van der Waals surface area (Å²) < 4.78 is 12.7. The first-order valence-electron chi connectivity index (χ1n) is 4.66. The van der Waals surface area contributed by atoms with Gasteiger partial charge >= 0.3 is 7.12 Å². The number of rotatable bonds is 1. The Kier molecular flexibility index (Phi) is 2.32. The van der Waals surface area contributed by atoms with Crippen LogP contribution in [0.25, 0.3) is 0 Å². The summed E-state index contributed by atoms with van der Waals surface area (Å²) in [7, 11) is 1.47. The van der Waals surface area contributed by atoms with E-state index in [9.17, 15) is 0 Å². The van der Waals surface area contributed by atoms with E-state index in [0.29, 0.717) is 13.2 Å². The van der Waals surface area contributed by atoms with E-state index in [4.69, 9.17) is 9.31 Å². The first kappa shape index (κ1) is 9.67. The number of hydrogen-bond acceptors (Lipinski definition) is 4. The van der Waals surface area contributed by atoms with Gasteiger partial charge in [0.15, 0.2) is 0 Å². The molecule has 1 fully saturated rings. The van der Waals surface area contributed by atoms with Crippen LogP contribution in [0.4, 0.5) is 0 Å². The molecule has 2 rings (SSSR count). The molecule has 0 saturated carbocycles. The molecule has 1 aromatic rings. The second-order valence-corrected chi connectivity index (χ2v) is 4.44. The third kappa shape index (κ3) is 1.96. The lowest BCUT2D eigenvalue weighted by atomic mass is 9.81. The number of nitrogens with zero attached hydrogens (tertiary/aromatic N) is 3. The largest absolute Gasteiger partial charge is 0.517 e. The van der Waals surface area contributed by atoms with Crippen molar-refractivity contribution in [2.75, 3.05) is 13.2 Å². The summed E-state index contributed by atoms with van der Waals surface area (Å²) in [5, 5.41) is 7.79. The van der Waals surface area contributed by atoms with Crippen LogP contribution < -0.4 is 5.59 Å². The maximum absolute atomic E-state index is 5.55. The summed E-state index contributed by atoms with van der Waals surface area (Å²) in [6.45, 7) is 5.60. The Bertz CT molecular complexity index is 316. The van der Waals surface area contributed by atoms with Gasteiger partial charge in [0, 0.05) is 31.9 Å². The predicted molar refractivity (Wildman–Crippen MR) is 52.1 cm³/mol. The summed E-state index contributed by atoms with van der Waals surface area (Å²) in [6, 6.07) is 0. The van der Waals surface area contributed by atoms with E-state index in [-0.39, 0.29) is 12.5 Å². The second-order valence-electron chi connectivity index (χ2n) is 4.44. The Balaban J connectivity index is 2.02. The summed E-state index contributed by atoms with van der Waals surface area (Å²) in [5.41, 5.74) is 0.835. The second kappa shape index (κ2) is 3.36. The molecular weight excluding hydrogens is 181 g/mol. The molecule has 0 radical (unpaired) electrons. The molecular formula is C8H14BN3O2. The lowest BCUT2D eigenvalue weighted by Gasteiger charge is -2.32. The van der Waals surface area contributed by atoms with E-state index >= 15 is 0 Å². The molecule has 0 spiro atoms. The first-order chi connectivity index (χ1) is 6.57. The van der Waals surface area contributed by atoms with Crippen molar-refractivity contribution in [1.29, 1.82) is 0 Å². The zero-order valence-electron chi connectivity index (χ0n) is 8.73. The summed E-state index contributed by atoms with van der Waals surface area (Å²) in [4.78, 5) is 0. The van der Waals surface area contributed by atoms with Gasteiger partial charge in [0.1, 0.15) is 5.59 Å². The highest BCUT2D eigenvalue weighted by atomic mass is 16.6. The number of aryl methyl sites for hydroxylation is 1. The zero-order valence-corrected chi connectivity index (χ0v) is 8.73. The molecule has 6 heteroatoms. The lowest BCUT2D eigenvalue weighted by Crippen LogP contribution is -2.48. The molecule has 14 heavy (non-hydrogen) atoms. The van der Waals surface area contributed by atoms with Crippen molar-refractivity contribution in [3.8, 4) is 0 Å². The monoisotopic (exact) mass is 195 g/mol. The maximum atomic E-state index is 5.55. The molecule has 0 aromatic carbocycles. The Labute approximate surface area is 83.5 Å². The molecule has 0 aliphatic carbocycles. The van der Waals surface area contributed by atoms with Gasteiger partial charge in [-0.2, -0.15) is 0 Å². The topological polar surface area (TPSA) is 49.2 Å². The first-order valence-corrected chi connectivity index (χ1v) is 4.66. The van der Waals surface area contributed by atoms with Crippen LogP contribution in [0.3, 0.4) is 0 Å². The third-order valence-electron chi connectivity index (χ3n) is 2.11. The van der Waals surface area contributed by atoms with Crippen molar-refractivity contribution in [3.05, 3.63) is 6.20 Å².